The molecule has 0 aliphatic carbocycles. The zero-order chi connectivity index (χ0) is 34.9. The topological polar surface area (TPSA) is 126 Å². The predicted molar refractivity (Wildman–Crippen MR) is 188 cm³/mol. The van der Waals surface area contributed by atoms with Crippen LogP contribution in [0.4, 0.5) is 5.69 Å². The molecule has 0 N–H and O–H groups in total. The Balaban J connectivity index is 1.22. The molecule has 0 radical (unpaired) electrons. The van der Waals surface area contributed by atoms with Crippen molar-refractivity contribution in [2.75, 3.05) is 106 Å². The Kier molecular flexibility index (Phi) is 26.9. The van der Waals surface area contributed by atoms with Crippen LogP contribution in [-0.4, -0.2) is 111 Å². The fourth-order valence-electron chi connectivity index (χ4n) is 4.56. The van der Waals surface area contributed by atoms with Gasteiger partial charge < -0.3 is 42.6 Å². The molecule has 0 aliphatic heterocycles. The Bertz CT molecular complexity index is 1020. The molecule has 0 aromatic heterocycles. The summed E-state index contributed by atoms with van der Waals surface area (Å²) in [6.45, 7) is 9.91. The number of hydrogen-bond donors (Lipinski definition) is 0. The van der Waals surface area contributed by atoms with Crippen molar-refractivity contribution in [3.8, 4) is 11.5 Å². The second-order valence-corrected chi connectivity index (χ2v) is 11.2. The van der Waals surface area contributed by atoms with Crippen LogP contribution in [0.3, 0.4) is 0 Å². The van der Waals surface area contributed by atoms with Crippen molar-refractivity contribution < 1.29 is 47.6 Å². The number of nitrogens with zero attached hydrogens (tertiary/aromatic N) is 1. The molecular formula is C37H59NO11. The van der Waals surface area contributed by atoms with Crippen molar-refractivity contribution in [1.82, 2.24) is 0 Å². The van der Waals surface area contributed by atoms with E-state index in [9.17, 15) is 10.1 Å². The van der Waals surface area contributed by atoms with Crippen LogP contribution in [-0.2, 0) is 39.6 Å². The van der Waals surface area contributed by atoms with Gasteiger partial charge in [0, 0.05) is 12.1 Å². The SMILES string of the molecule is CCCCCCCCCc1ccc(OCCOCCOCCOCCOCCOCCOCCOCCOc2ccc([N+](=O)[O-])cc2)cc1. The predicted octanol–water partition coefficient (Wildman–Crippen LogP) is 6.46. The number of ether oxygens (including phenoxy) is 9. The van der Waals surface area contributed by atoms with Gasteiger partial charge in [-0.3, -0.25) is 10.1 Å². The number of hydrogen-bond acceptors (Lipinski definition) is 11. The first-order chi connectivity index (χ1) is 24.2. The third kappa shape index (κ3) is 24.9. The normalized spacial score (nSPS) is 11.2. The first kappa shape index (κ1) is 42.3. The standard InChI is InChI=1S/C37H59NO11/c1-2-3-4-5-6-7-8-9-34-10-14-36(15-11-34)48-32-30-46-28-26-44-24-22-42-20-18-41-19-21-43-23-25-45-27-29-47-31-33-49-37-16-12-35(13-17-37)38(39)40/h10-17H,2-9,18-33H2,1H3. The number of nitro groups is 1. The van der Waals surface area contributed by atoms with Crippen LogP contribution in [0.5, 0.6) is 11.5 Å². The highest BCUT2D eigenvalue weighted by atomic mass is 16.6. The lowest BCUT2D eigenvalue weighted by Gasteiger charge is -2.09. The number of nitro benzene ring substituents is 1. The maximum Gasteiger partial charge on any atom is 0.269 e. The van der Waals surface area contributed by atoms with Gasteiger partial charge in [0.25, 0.3) is 5.69 Å². The van der Waals surface area contributed by atoms with E-state index < -0.39 is 4.92 Å². The van der Waals surface area contributed by atoms with E-state index in [1.807, 2.05) is 12.1 Å². The average molecular weight is 694 g/mol. The summed E-state index contributed by atoms with van der Waals surface area (Å²) >= 11 is 0. The van der Waals surface area contributed by atoms with E-state index in [4.69, 9.17) is 42.6 Å². The van der Waals surface area contributed by atoms with Gasteiger partial charge in [-0.25, -0.2) is 0 Å². The van der Waals surface area contributed by atoms with Gasteiger partial charge in [-0.2, -0.15) is 0 Å². The molecule has 278 valence electrons. The quantitative estimate of drug-likeness (QED) is 0.0449. The van der Waals surface area contributed by atoms with Gasteiger partial charge in [0.1, 0.15) is 24.7 Å². The van der Waals surface area contributed by atoms with Crippen LogP contribution >= 0.6 is 0 Å². The Morgan fingerprint density at radius 1 is 0.449 bits per heavy atom. The lowest BCUT2D eigenvalue weighted by molar-refractivity contribution is -0.384. The molecule has 2 aromatic carbocycles. The van der Waals surface area contributed by atoms with Crippen LogP contribution in [0.25, 0.3) is 0 Å². The monoisotopic (exact) mass is 693 g/mol. The lowest BCUT2D eigenvalue weighted by Crippen LogP contribution is -2.15. The lowest BCUT2D eigenvalue weighted by atomic mass is 10.0. The van der Waals surface area contributed by atoms with Crippen molar-refractivity contribution in [2.24, 2.45) is 0 Å². The fourth-order valence-corrected chi connectivity index (χ4v) is 4.56. The van der Waals surface area contributed by atoms with Gasteiger partial charge in [-0.15, -0.1) is 0 Å². The van der Waals surface area contributed by atoms with Gasteiger partial charge in [0.2, 0.25) is 0 Å². The highest BCUT2D eigenvalue weighted by Crippen LogP contribution is 2.17. The molecule has 0 amide bonds. The summed E-state index contributed by atoms with van der Waals surface area (Å²) in [5, 5.41) is 10.6. The second-order valence-electron chi connectivity index (χ2n) is 11.2. The van der Waals surface area contributed by atoms with Gasteiger partial charge in [-0.05, 0) is 42.7 Å². The summed E-state index contributed by atoms with van der Waals surface area (Å²) < 4.78 is 49.7. The molecule has 0 spiro atoms. The van der Waals surface area contributed by atoms with Gasteiger partial charge in [0.15, 0.2) is 0 Å². The molecule has 0 heterocycles. The number of rotatable bonds is 35. The summed E-state index contributed by atoms with van der Waals surface area (Å²) in [7, 11) is 0. The second kappa shape index (κ2) is 31.2. The van der Waals surface area contributed by atoms with E-state index in [2.05, 4.69) is 19.1 Å². The molecule has 12 heteroatoms. The minimum Gasteiger partial charge on any atom is -0.491 e. The molecule has 2 aromatic rings. The van der Waals surface area contributed by atoms with Crippen molar-refractivity contribution in [2.45, 2.75) is 58.3 Å². The zero-order valence-corrected chi connectivity index (χ0v) is 29.5. The largest absolute Gasteiger partial charge is 0.491 e. The molecule has 0 aliphatic rings. The fraction of sp³-hybridized carbons (Fsp3) is 0.676. The molecule has 0 bridgehead atoms. The molecule has 0 atom stereocenters. The summed E-state index contributed by atoms with van der Waals surface area (Å²) in [6, 6.07) is 14.4. The van der Waals surface area contributed by atoms with E-state index >= 15 is 0 Å². The smallest absolute Gasteiger partial charge is 0.269 e. The van der Waals surface area contributed by atoms with Crippen molar-refractivity contribution >= 4 is 5.69 Å². The van der Waals surface area contributed by atoms with Crippen LogP contribution in [0, 0.1) is 10.1 Å². The minimum absolute atomic E-state index is 0.0290. The summed E-state index contributed by atoms with van der Waals surface area (Å²) in [5.74, 6) is 1.44. The Morgan fingerprint density at radius 2 is 0.776 bits per heavy atom. The summed E-state index contributed by atoms with van der Waals surface area (Å²) in [4.78, 5) is 10.2. The van der Waals surface area contributed by atoms with E-state index in [1.54, 1.807) is 12.1 Å². The van der Waals surface area contributed by atoms with Crippen LogP contribution < -0.4 is 9.47 Å². The molecule has 12 nitrogen and oxygen atoms in total. The Morgan fingerprint density at radius 3 is 1.14 bits per heavy atom. The van der Waals surface area contributed by atoms with E-state index in [-0.39, 0.29) is 5.69 Å². The molecule has 2 rings (SSSR count). The highest BCUT2D eigenvalue weighted by Gasteiger charge is 2.04. The Labute approximate surface area is 292 Å². The molecule has 0 unspecified atom stereocenters. The average Bonchev–Trinajstić information content (AvgIpc) is 3.12. The van der Waals surface area contributed by atoms with E-state index in [0.29, 0.717) is 111 Å². The van der Waals surface area contributed by atoms with Crippen LogP contribution in [0.1, 0.15) is 57.4 Å². The zero-order valence-electron chi connectivity index (χ0n) is 29.5. The number of unbranched alkanes of at least 4 members (excludes halogenated alkanes) is 6. The van der Waals surface area contributed by atoms with Crippen LogP contribution in [0.15, 0.2) is 48.5 Å². The van der Waals surface area contributed by atoms with Crippen molar-refractivity contribution in [3.63, 3.8) is 0 Å². The van der Waals surface area contributed by atoms with Crippen molar-refractivity contribution in [3.05, 3.63) is 64.2 Å². The minimum atomic E-state index is -0.448. The van der Waals surface area contributed by atoms with E-state index in [1.165, 1.54) is 62.6 Å². The molecule has 0 saturated carbocycles. The number of non-ortho nitro benzene ring substituents is 1. The third-order valence-electron chi connectivity index (χ3n) is 7.26. The molecule has 0 fully saturated rings. The van der Waals surface area contributed by atoms with Gasteiger partial charge in [0.05, 0.1) is 97.4 Å². The summed E-state index contributed by atoms with van der Waals surface area (Å²) in [6.07, 6.45) is 10.5. The molecule has 49 heavy (non-hydrogen) atoms. The van der Waals surface area contributed by atoms with Crippen molar-refractivity contribution in [1.29, 1.82) is 0 Å². The third-order valence-corrected chi connectivity index (χ3v) is 7.26. The number of benzene rings is 2. The van der Waals surface area contributed by atoms with Gasteiger partial charge in [-0.1, -0.05) is 57.6 Å². The Hall–Kier alpha value is -2.84. The highest BCUT2D eigenvalue weighted by molar-refractivity contribution is 5.35. The maximum absolute atomic E-state index is 10.6. The van der Waals surface area contributed by atoms with E-state index in [0.717, 1.165) is 12.2 Å². The number of aryl methyl sites for hydroxylation is 1. The first-order valence-corrected chi connectivity index (χ1v) is 17.8. The first-order valence-electron chi connectivity index (χ1n) is 17.8. The van der Waals surface area contributed by atoms with Crippen LogP contribution in [0.2, 0.25) is 0 Å². The summed E-state index contributed by atoms with van der Waals surface area (Å²) in [5.41, 5.74) is 1.40. The maximum atomic E-state index is 10.6. The van der Waals surface area contributed by atoms with Gasteiger partial charge >= 0.3 is 0 Å². The molecule has 0 saturated heterocycles. The molecular weight excluding hydrogens is 634 g/mol.